The average Bonchev–Trinajstić information content (AvgIpc) is 3.08. The quantitative estimate of drug-likeness (QED) is 0.836. The van der Waals surface area contributed by atoms with E-state index < -0.39 is 6.04 Å². The molecular formula is C21H23N3O2. The van der Waals surface area contributed by atoms with Crippen LogP contribution in [0.3, 0.4) is 0 Å². The lowest BCUT2D eigenvalue weighted by molar-refractivity contribution is -0.134. The molecule has 1 unspecified atom stereocenters. The number of nitrogens with zero attached hydrogens (tertiary/aromatic N) is 3. The Morgan fingerprint density at radius 2 is 1.54 bits per heavy atom. The molecule has 2 aliphatic heterocycles. The molecule has 1 atom stereocenters. The van der Waals surface area contributed by atoms with E-state index in [0.29, 0.717) is 19.5 Å². The highest BCUT2D eigenvalue weighted by Crippen LogP contribution is 2.33. The number of fused-ring (bicyclic) bond motifs is 1. The summed E-state index contributed by atoms with van der Waals surface area (Å²) in [6.07, 6.45) is 0.605. The lowest BCUT2D eigenvalue weighted by Gasteiger charge is -2.38. The molecule has 0 aliphatic carbocycles. The van der Waals surface area contributed by atoms with Gasteiger partial charge < -0.3 is 9.80 Å². The van der Waals surface area contributed by atoms with Crippen molar-refractivity contribution >= 4 is 23.2 Å². The smallest absolute Gasteiger partial charge is 0.246 e. The van der Waals surface area contributed by atoms with Crippen LogP contribution >= 0.6 is 0 Å². The maximum atomic E-state index is 13.1. The van der Waals surface area contributed by atoms with Crippen LogP contribution in [-0.4, -0.2) is 48.9 Å². The summed E-state index contributed by atoms with van der Waals surface area (Å²) >= 11 is 0. The second kappa shape index (κ2) is 6.83. The maximum absolute atomic E-state index is 13.1. The Bertz CT molecular complexity index is 813. The molecule has 2 aliphatic rings. The number of rotatable bonds is 2. The molecule has 5 nitrogen and oxygen atoms in total. The topological polar surface area (TPSA) is 43.9 Å². The van der Waals surface area contributed by atoms with Crippen molar-refractivity contribution in [3.05, 3.63) is 60.2 Å². The second-order valence-corrected chi connectivity index (χ2v) is 6.89. The highest BCUT2D eigenvalue weighted by atomic mass is 16.2. The summed E-state index contributed by atoms with van der Waals surface area (Å²) in [5.41, 5.74) is 3.14. The summed E-state index contributed by atoms with van der Waals surface area (Å²) in [4.78, 5) is 31.2. The van der Waals surface area contributed by atoms with Gasteiger partial charge in [-0.15, -0.1) is 0 Å². The van der Waals surface area contributed by atoms with Crippen LogP contribution in [0.2, 0.25) is 0 Å². The molecule has 1 fully saturated rings. The molecule has 2 aromatic rings. The summed E-state index contributed by atoms with van der Waals surface area (Å²) < 4.78 is 0. The number of benzene rings is 2. The van der Waals surface area contributed by atoms with Crippen molar-refractivity contribution in [1.82, 2.24) is 4.90 Å². The molecule has 134 valence electrons. The van der Waals surface area contributed by atoms with E-state index in [2.05, 4.69) is 17.0 Å². The molecule has 0 bridgehead atoms. The standard InChI is InChI=1S/C21H23N3O2/c1-16(25)24-19-10-6-5-7-17(19)15-20(24)21(26)23-13-11-22(12-14-23)18-8-3-2-4-9-18/h2-10,20H,11-15H2,1H3. The van der Waals surface area contributed by atoms with Crippen molar-refractivity contribution in [3.63, 3.8) is 0 Å². The van der Waals surface area contributed by atoms with E-state index in [4.69, 9.17) is 0 Å². The number of para-hydroxylation sites is 2. The fourth-order valence-electron chi connectivity index (χ4n) is 4.01. The van der Waals surface area contributed by atoms with Crippen molar-refractivity contribution in [2.75, 3.05) is 36.0 Å². The SMILES string of the molecule is CC(=O)N1c2ccccc2CC1C(=O)N1CCN(c2ccccc2)CC1. The van der Waals surface area contributed by atoms with E-state index in [1.165, 1.54) is 12.6 Å². The molecule has 2 heterocycles. The largest absolute Gasteiger partial charge is 0.368 e. The first kappa shape index (κ1) is 16.6. The van der Waals surface area contributed by atoms with Gasteiger partial charge >= 0.3 is 0 Å². The van der Waals surface area contributed by atoms with Gasteiger partial charge in [-0.2, -0.15) is 0 Å². The first-order chi connectivity index (χ1) is 12.6. The molecule has 0 saturated carbocycles. The van der Waals surface area contributed by atoms with E-state index in [1.807, 2.05) is 47.4 Å². The van der Waals surface area contributed by atoms with Crippen LogP contribution in [0.1, 0.15) is 12.5 Å². The maximum Gasteiger partial charge on any atom is 0.246 e. The van der Waals surface area contributed by atoms with Crippen LogP contribution in [0, 0.1) is 0 Å². The molecule has 26 heavy (non-hydrogen) atoms. The van der Waals surface area contributed by atoms with Crippen LogP contribution in [-0.2, 0) is 16.0 Å². The van der Waals surface area contributed by atoms with Crippen LogP contribution in [0.25, 0.3) is 0 Å². The number of carbonyl (C=O) groups excluding carboxylic acids is 2. The molecule has 0 spiro atoms. The lowest BCUT2D eigenvalue weighted by atomic mass is 10.1. The molecule has 2 aromatic carbocycles. The number of hydrogen-bond donors (Lipinski definition) is 0. The highest BCUT2D eigenvalue weighted by molar-refractivity contribution is 6.02. The number of amides is 2. The van der Waals surface area contributed by atoms with E-state index in [9.17, 15) is 9.59 Å². The molecule has 4 rings (SSSR count). The van der Waals surface area contributed by atoms with Crippen LogP contribution in [0.15, 0.2) is 54.6 Å². The Kier molecular flexibility index (Phi) is 4.37. The number of anilines is 2. The molecule has 2 amide bonds. The third kappa shape index (κ3) is 2.94. The first-order valence-electron chi connectivity index (χ1n) is 9.11. The molecular weight excluding hydrogens is 326 g/mol. The van der Waals surface area contributed by atoms with Gasteiger partial charge in [-0.25, -0.2) is 0 Å². The van der Waals surface area contributed by atoms with Crippen molar-refractivity contribution in [3.8, 4) is 0 Å². The zero-order valence-electron chi connectivity index (χ0n) is 15.0. The molecule has 0 aromatic heterocycles. The van der Waals surface area contributed by atoms with Gasteiger partial charge in [0.05, 0.1) is 0 Å². The Balaban J connectivity index is 1.46. The lowest BCUT2D eigenvalue weighted by Crippen LogP contribution is -2.55. The minimum Gasteiger partial charge on any atom is -0.368 e. The zero-order valence-corrected chi connectivity index (χ0v) is 15.0. The highest BCUT2D eigenvalue weighted by Gasteiger charge is 2.39. The number of piperazine rings is 1. The van der Waals surface area contributed by atoms with Crippen LogP contribution in [0.5, 0.6) is 0 Å². The van der Waals surface area contributed by atoms with Gasteiger partial charge in [0.2, 0.25) is 11.8 Å². The summed E-state index contributed by atoms with van der Waals surface area (Å²) in [5, 5.41) is 0. The van der Waals surface area contributed by atoms with Gasteiger partial charge in [-0.05, 0) is 23.8 Å². The van der Waals surface area contributed by atoms with E-state index in [1.54, 1.807) is 4.90 Å². The summed E-state index contributed by atoms with van der Waals surface area (Å²) in [5.74, 6) is -0.0136. The third-order valence-corrected chi connectivity index (χ3v) is 5.31. The minimum atomic E-state index is -0.409. The van der Waals surface area contributed by atoms with Crippen molar-refractivity contribution < 1.29 is 9.59 Å². The normalized spacial score (nSPS) is 19.4. The monoisotopic (exact) mass is 349 g/mol. The van der Waals surface area contributed by atoms with Gasteiger partial charge in [0.15, 0.2) is 0 Å². The van der Waals surface area contributed by atoms with E-state index in [-0.39, 0.29) is 11.8 Å². The van der Waals surface area contributed by atoms with Crippen molar-refractivity contribution in [2.45, 2.75) is 19.4 Å². The average molecular weight is 349 g/mol. The molecule has 0 N–H and O–H groups in total. The summed E-state index contributed by atoms with van der Waals surface area (Å²) in [7, 11) is 0. The first-order valence-corrected chi connectivity index (χ1v) is 9.11. The third-order valence-electron chi connectivity index (χ3n) is 5.31. The Morgan fingerprint density at radius 3 is 2.23 bits per heavy atom. The van der Waals surface area contributed by atoms with Gasteiger partial charge in [0, 0.05) is 50.9 Å². The Morgan fingerprint density at radius 1 is 0.885 bits per heavy atom. The van der Waals surface area contributed by atoms with Gasteiger partial charge in [0.1, 0.15) is 6.04 Å². The van der Waals surface area contributed by atoms with E-state index >= 15 is 0 Å². The molecule has 0 radical (unpaired) electrons. The van der Waals surface area contributed by atoms with Gasteiger partial charge in [-0.1, -0.05) is 36.4 Å². The second-order valence-electron chi connectivity index (χ2n) is 6.89. The van der Waals surface area contributed by atoms with Crippen LogP contribution < -0.4 is 9.80 Å². The zero-order chi connectivity index (χ0) is 18.1. The van der Waals surface area contributed by atoms with Crippen LogP contribution in [0.4, 0.5) is 11.4 Å². The summed E-state index contributed by atoms with van der Waals surface area (Å²) in [6.45, 7) is 4.54. The Labute approximate surface area is 153 Å². The summed E-state index contributed by atoms with van der Waals surface area (Å²) in [6, 6.07) is 17.7. The fraction of sp³-hybridized carbons (Fsp3) is 0.333. The van der Waals surface area contributed by atoms with Gasteiger partial charge in [0.25, 0.3) is 0 Å². The van der Waals surface area contributed by atoms with Gasteiger partial charge in [-0.3, -0.25) is 14.5 Å². The predicted molar refractivity (Wildman–Crippen MR) is 102 cm³/mol. The number of carbonyl (C=O) groups is 2. The minimum absolute atomic E-state index is 0.0594. The van der Waals surface area contributed by atoms with E-state index in [0.717, 1.165) is 24.3 Å². The fourth-order valence-corrected chi connectivity index (χ4v) is 4.01. The van der Waals surface area contributed by atoms with Crippen molar-refractivity contribution in [1.29, 1.82) is 0 Å². The van der Waals surface area contributed by atoms with Crippen molar-refractivity contribution in [2.24, 2.45) is 0 Å². The molecule has 1 saturated heterocycles. The molecule has 5 heteroatoms. The Hall–Kier alpha value is -2.82. The predicted octanol–water partition coefficient (Wildman–Crippen LogP) is 2.31. The number of hydrogen-bond acceptors (Lipinski definition) is 3.